The lowest BCUT2D eigenvalue weighted by Gasteiger charge is -2.32. The first-order chi connectivity index (χ1) is 12.8. The fraction of sp³-hybridized carbons (Fsp3) is 0.217. The Morgan fingerprint density at radius 3 is 1.96 bits per heavy atom. The first-order valence-electron chi connectivity index (χ1n) is 9.04. The first kappa shape index (κ1) is 19.3. The van der Waals surface area contributed by atoms with Gasteiger partial charge in [-0.1, -0.05) is 66.7 Å². The number of rotatable bonds is 7. The Balaban J connectivity index is 0.00000210. The lowest BCUT2D eigenvalue weighted by atomic mass is 9.77. The van der Waals surface area contributed by atoms with Crippen molar-refractivity contribution in [3.05, 3.63) is 95.1 Å². The third kappa shape index (κ3) is 4.26. The average Bonchev–Trinajstić information content (AvgIpc) is 2.68. The second kappa shape index (κ2) is 8.94. The van der Waals surface area contributed by atoms with Gasteiger partial charge in [-0.15, -0.1) is 12.4 Å². The summed E-state index contributed by atoms with van der Waals surface area (Å²) in [6, 6.07) is 24.5. The quantitative estimate of drug-likeness (QED) is 0.635. The second-order valence-electron chi connectivity index (χ2n) is 6.65. The van der Waals surface area contributed by atoms with Crippen molar-refractivity contribution < 1.29 is 9.47 Å². The third-order valence-corrected chi connectivity index (χ3v) is 4.90. The molecule has 1 unspecified atom stereocenters. The van der Waals surface area contributed by atoms with Gasteiger partial charge in [0.25, 0.3) is 0 Å². The maximum atomic E-state index is 6.20. The van der Waals surface area contributed by atoms with E-state index >= 15 is 0 Å². The van der Waals surface area contributed by atoms with E-state index < -0.39 is 0 Å². The highest BCUT2D eigenvalue weighted by Gasteiger charge is 2.30. The predicted octanol–water partition coefficient (Wildman–Crippen LogP) is 4.86. The zero-order valence-corrected chi connectivity index (χ0v) is 16.0. The number of fused-ring (bicyclic) bond motifs is 1. The Morgan fingerprint density at radius 1 is 0.778 bits per heavy atom. The van der Waals surface area contributed by atoms with E-state index in [0.29, 0.717) is 25.7 Å². The van der Waals surface area contributed by atoms with Gasteiger partial charge in [-0.3, -0.25) is 0 Å². The summed E-state index contributed by atoms with van der Waals surface area (Å²) in [7, 11) is 0. The summed E-state index contributed by atoms with van der Waals surface area (Å²) in [5, 5.41) is 0. The van der Waals surface area contributed by atoms with Crippen LogP contribution in [0.1, 0.15) is 28.2 Å². The third-order valence-electron chi connectivity index (χ3n) is 4.90. The average molecular weight is 382 g/mol. The molecule has 3 aromatic rings. The largest absolute Gasteiger partial charge is 0.485 e. The molecule has 0 fully saturated rings. The molecule has 4 rings (SSSR count). The molecule has 3 nitrogen and oxygen atoms in total. The molecule has 0 spiro atoms. The maximum absolute atomic E-state index is 6.20. The molecule has 0 saturated carbocycles. The molecule has 0 amide bonds. The minimum Gasteiger partial charge on any atom is -0.485 e. The van der Waals surface area contributed by atoms with Crippen LogP contribution in [0.3, 0.4) is 0 Å². The second-order valence-corrected chi connectivity index (χ2v) is 6.65. The van der Waals surface area contributed by atoms with Crippen LogP contribution in [0.15, 0.2) is 72.8 Å². The van der Waals surface area contributed by atoms with Gasteiger partial charge in [0.15, 0.2) is 11.5 Å². The SMILES string of the molecule is Cl.NCC1Cc2c1ccc(OCc1ccccc1)c2OCc1ccccc1. The fourth-order valence-corrected chi connectivity index (χ4v) is 3.39. The van der Waals surface area contributed by atoms with Crippen molar-refractivity contribution in [1.82, 2.24) is 0 Å². The van der Waals surface area contributed by atoms with E-state index in [1.807, 2.05) is 42.5 Å². The molecule has 0 bridgehead atoms. The van der Waals surface area contributed by atoms with Gasteiger partial charge >= 0.3 is 0 Å². The Bertz CT molecular complexity index is 868. The van der Waals surface area contributed by atoms with Gasteiger partial charge in [0, 0.05) is 11.5 Å². The Kier molecular flexibility index (Phi) is 6.38. The van der Waals surface area contributed by atoms with Gasteiger partial charge in [0.05, 0.1) is 0 Å². The summed E-state index contributed by atoms with van der Waals surface area (Å²) in [6.07, 6.45) is 0.957. The number of halogens is 1. The van der Waals surface area contributed by atoms with Crippen LogP contribution in [0.4, 0.5) is 0 Å². The standard InChI is InChI=1S/C23H23NO2.ClH/c24-14-19-13-21-20(19)11-12-22(25-15-17-7-3-1-4-8-17)23(21)26-16-18-9-5-2-6-10-18;/h1-12,19H,13-16,24H2;1H. The molecular weight excluding hydrogens is 358 g/mol. The van der Waals surface area contributed by atoms with E-state index in [9.17, 15) is 0 Å². The van der Waals surface area contributed by atoms with Crippen LogP contribution in [-0.2, 0) is 19.6 Å². The van der Waals surface area contributed by atoms with Gasteiger partial charge < -0.3 is 15.2 Å². The normalized spacial score (nSPS) is 14.5. The zero-order valence-electron chi connectivity index (χ0n) is 15.1. The van der Waals surface area contributed by atoms with Crippen LogP contribution >= 0.6 is 12.4 Å². The Morgan fingerprint density at radius 2 is 1.37 bits per heavy atom. The predicted molar refractivity (Wildman–Crippen MR) is 111 cm³/mol. The minimum absolute atomic E-state index is 0. The fourth-order valence-electron chi connectivity index (χ4n) is 3.39. The maximum Gasteiger partial charge on any atom is 0.165 e. The monoisotopic (exact) mass is 381 g/mol. The van der Waals surface area contributed by atoms with Crippen molar-refractivity contribution >= 4 is 12.4 Å². The molecule has 3 aromatic carbocycles. The summed E-state index contributed by atoms with van der Waals surface area (Å²) in [6.45, 7) is 1.74. The van der Waals surface area contributed by atoms with E-state index in [4.69, 9.17) is 15.2 Å². The van der Waals surface area contributed by atoms with Gasteiger partial charge in [0.2, 0.25) is 0 Å². The first-order valence-corrected chi connectivity index (χ1v) is 9.04. The number of benzene rings is 3. The molecule has 1 aliphatic rings. The molecule has 27 heavy (non-hydrogen) atoms. The summed E-state index contributed by atoms with van der Waals surface area (Å²) in [5.41, 5.74) is 10.7. The molecule has 0 saturated heterocycles. The number of hydrogen-bond donors (Lipinski definition) is 1. The lowest BCUT2D eigenvalue weighted by molar-refractivity contribution is 0.251. The summed E-state index contributed by atoms with van der Waals surface area (Å²) in [5.74, 6) is 2.11. The van der Waals surface area contributed by atoms with E-state index in [1.54, 1.807) is 0 Å². The van der Waals surface area contributed by atoms with Crippen LogP contribution in [0.25, 0.3) is 0 Å². The van der Waals surface area contributed by atoms with Crippen LogP contribution in [0.5, 0.6) is 11.5 Å². The van der Waals surface area contributed by atoms with Crippen molar-refractivity contribution in [3.63, 3.8) is 0 Å². The highest BCUT2D eigenvalue weighted by molar-refractivity contribution is 5.85. The van der Waals surface area contributed by atoms with Crippen LogP contribution in [-0.4, -0.2) is 6.54 Å². The van der Waals surface area contributed by atoms with Gasteiger partial charge in [0.1, 0.15) is 13.2 Å². The van der Waals surface area contributed by atoms with E-state index in [0.717, 1.165) is 29.0 Å². The summed E-state index contributed by atoms with van der Waals surface area (Å²) >= 11 is 0. The van der Waals surface area contributed by atoms with Crippen LogP contribution in [0, 0.1) is 0 Å². The van der Waals surface area contributed by atoms with Gasteiger partial charge in [-0.25, -0.2) is 0 Å². The van der Waals surface area contributed by atoms with Crippen molar-refractivity contribution in [3.8, 4) is 11.5 Å². The number of hydrogen-bond acceptors (Lipinski definition) is 3. The molecule has 4 heteroatoms. The van der Waals surface area contributed by atoms with Crippen LogP contribution in [0.2, 0.25) is 0 Å². The lowest BCUT2D eigenvalue weighted by Crippen LogP contribution is -2.25. The van der Waals surface area contributed by atoms with E-state index in [2.05, 4.69) is 30.3 Å². The Labute approximate surface area is 166 Å². The highest BCUT2D eigenvalue weighted by atomic mass is 35.5. The molecule has 0 heterocycles. The van der Waals surface area contributed by atoms with Crippen molar-refractivity contribution in [2.45, 2.75) is 25.6 Å². The molecule has 0 radical (unpaired) electrons. The molecule has 1 aliphatic carbocycles. The molecule has 0 aliphatic heterocycles. The summed E-state index contributed by atoms with van der Waals surface area (Å²) < 4.78 is 12.3. The molecule has 0 aromatic heterocycles. The van der Waals surface area contributed by atoms with Gasteiger partial charge in [-0.05, 0) is 35.7 Å². The van der Waals surface area contributed by atoms with Crippen LogP contribution < -0.4 is 15.2 Å². The molecule has 2 N–H and O–H groups in total. The highest BCUT2D eigenvalue weighted by Crippen LogP contribution is 2.45. The van der Waals surface area contributed by atoms with Gasteiger partial charge in [-0.2, -0.15) is 0 Å². The smallest absolute Gasteiger partial charge is 0.165 e. The van der Waals surface area contributed by atoms with E-state index in [-0.39, 0.29) is 12.4 Å². The van der Waals surface area contributed by atoms with Crippen molar-refractivity contribution in [2.75, 3.05) is 6.54 Å². The molecule has 1 atom stereocenters. The Hall–Kier alpha value is -2.49. The number of ether oxygens (including phenoxy) is 2. The topological polar surface area (TPSA) is 44.5 Å². The zero-order chi connectivity index (χ0) is 17.8. The molecule has 140 valence electrons. The van der Waals surface area contributed by atoms with Crippen molar-refractivity contribution in [2.24, 2.45) is 5.73 Å². The van der Waals surface area contributed by atoms with Crippen molar-refractivity contribution in [1.29, 1.82) is 0 Å². The minimum atomic E-state index is 0. The van der Waals surface area contributed by atoms with E-state index in [1.165, 1.54) is 11.1 Å². The number of nitrogens with two attached hydrogens (primary N) is 1. The molecular formula is C23H24ClNO2. The summed E-state index contributed by atoms with van der Waals surface area (Å²) in [4.78, 5) is 0.